The molecular weight excluding hydrogens is 414 g/mol. The summed E-state index contributed by atoms with van der Waals surface area (Å²) >= 11 is 0. The molecule has 0 spiro atoms. The molecular formula is C26H25N5O2. The summed E-state index contributed by atoms with van der Waals surface area (Å²) in [6, 6.07) is 17.6. The number of nitrogens with zero attached hydrogens (tertiary/aromatic N) is 5. The first-order valence-corrected chi connectivity index (χ1v) is 10.7. The van der Waals surface area contributed by atoms with Crippen LogP contribution in [0.1, 0.15) is 11.1 Å². The van der Waals surface area contributed by atoms with Crippen LogP contribution in [0.25, 0.3) is 27.8 Å². The second-order valence-corrected chi connectivity index (χ2v) is 8.31. The van der Waals surface area contributed by atoms with Crippen LogP contribution in [0.4, 0.5) is 5.69 Å². The van der Waals surface area contributed by atoms with Crippen LogP contribution in [0.15, 0.2) is 71.9 Å². The van der Waals surface area contributed by atoms with E-state index in [0.717, 1.165) is 39.3 Å². The molecule has 0 fully saturated rings. The lowest BCUT2D eigenvalue weighted by Crippen LogP contribution is -2.21. The van der Waals surface area contributed by atoms with Gasteiger partial charge in [0, 0.05) is 26.8 Å². The van der Waals surface area contributed by atoms with Crippen LogP contribution in [0, 0.1) is 6.92 Å². The number of fused-ring (bicyclic) bond motifs is 3. The Kier molecular flexibility index (Phi) is 5.09. The fourth-order valence-electron chi connectivity index (χ4n) is 4.18. The van der Waals surface area contributed by atoms with Gasteiger partial charge in [0.15, 0.2) is 0 Å². The Morgan fingerprint density at radius 3 is 2.36 bits per heavy atom. The van der Waals surface area contributed by atoms with Crippen LogP contribution < -0.4 is 15.2 Å². The fraction of sp³-hybridized carbons (Fsp3) is 0.192. The van der Waals surface area contributed by atoms with Crippen molar-refractivity contribution in [3.05, 3.63) is 88.6 Å². The third-order valence-electron chi connectivity index (χ3n) is 5.91. The summed E-state index contributed by atoms with van der Waals surface area (Å²) in [4.78, 5) is 25.3. The van der Waals surface area contributed by atoms with E-state index in [2.05, 4.69) is 4.98 Å². The van der Waals surface area contributed by atoms with Gasteiger partial charge in [-0.15, -0.1) is 0 Å². The standard InChI is InChI=1S/C26H25N5O2/c1-17-5-9-19(10-6-17)31-16-28-23-22-21(29(2)3)13-14-27-25(22)30(24(23)26(31)32)15-18-7-11-20(33-4)12-8-18/h5-14,16H,15H2,1-4H3. The van der Waals surface area contributed by atoms with Gasteiger partial charge in [-0.25, -0.2) is 9.97 Å². The molecule has 2 aromatic carbocycles. The average Bonchev–Trinajstić information content (AvgIpc) is 3.15. The van der Waals surface area contributed by atoms with Crippen molar-refractivity contribution in [3.63, 3.8) is 0 Å². The molecule has 0 atom stereocenters. The van der Waals surface area contributed by atoms with Gasteiger partial charge in [0.1, 0.15) is 28.8 Å². The molecule has 5 aromatic rings. The number of anilines is 1. The predicted molar refractivity (Wildman–Crippen MR) is 132 cm³/mol. The zero-order chi connectivity index (χ0) is 23.1. The third-order valence-corrected chi connectivity index (χ3v) is 5.91. The number of rotatable bonds is 5. The molecule has 3 heterocycles. The largest absolute Gasteiger partial charge is 0.497 e. The molecule has 0 aliphatic carbocycles. The van der Waals surface area contributed by atoms with E-state index in [0.29, 0.717) is 17.6 Å². The van der Waals surface area contributed by atoms with E-state index in [1.807, 2.05) is 85.1 Å². The highest BCUT2D eigenvalue weighted by atomic mass is 16.5. The van der Waals surface area contributed by atoms with Crippen LogP contribution in [-0.2, 0) is 6.54 Å². The number of hydrogen-bond acceptors (Lipinski definition) is 5. The van der Waals surface area contributed by atoms with Gasteiger partial charge in [-0.1, -0.05) is 29.8 Å². The molecule has 0 saturated carbocycles. The smallest absolute Gasteiger partial charge is 0.282 e. The summed E-state index contributed by atoms with van der Waals surface area (Å²) in [7, 11) is 5.61. The molecule has 0 aliphatic heterocycles. The summed E-state index contributed by atoms with van der Waals surface area (Å²) in [6.45, 7) is 2.51. The Labute approximate surface area is 191 Å². The molecule has 166 valence electrons. The van der Waals surface area contributed by atoms with E-state index in [4.69, 9.17) is 9.72 Å². The van der Waals surface area contributed by atoms with E-state index < -0.39 is 0 Å². The molecule has 0 amide bonds. The third kappa shape index (κ3) is 3.51. The number of benzene rings is 2. The van der Waals surface area contributed by atoms with Gasteiger partial charge < -0.3 is 14.2 Å². The van der Waals surface area contributed by atoms with E-state index >= 15 is 0 Å². The highest BCUT2D eigenvalue weighted by Crippen LogP contribution is 2.32. The maximum absolute atomic E-state index is 13.8. The SMILES string of the molecule is COc1ccc(Cn2c3nccc(N(C)C)c3c3ncn(-c4ccc(C)cc4)c(=O)c32)cc1. The van der Waals surface area contributed by atoms with Gasteiger partial charge in [0.2, 0.25) is 0 Å². The number of pyridine rings is 1. The Balaban J connectivity index is 1.81. The van der Waals surface area contributed by atoms with Crippen molar-refractivity contribution in [2.75, 3.05) is 26.1 Å². The van der Waals surface area contributed by atoms with Gasteiger partial charge in [-0.3, -0.25) is 9.36 Å². The van der Waals surface area contributed by atoms with E-state index in [-0.39, 0.29) is 5.56 Å². The summed E-state index contributed by atoms with van der Waals surface area (Å²) in [5.74, 6) is 0.789. The summed E-state index contributed by atoms with van der Waals surface area (Å²) in [6.07, 6.45) is 3.39. The van der Waals surface area contributed by atoms with Crippen molar-refractivity contribution >= 4 is 27.8 Å². The van der Waals surface area contributed by atoms with Crippen LogP contribution in [0.3, 0.4) is 0 Å². The van der Waals surface area contributed by atoms with Crippen molar-refractivity contribution < 1.29 is 4.74 Å². The predicted octanol–water partition coefficient (Wildman–Crippen LogP) is 4.17. The monoisotopic (exact) mass is 439 g/mol. The van der Waals surface area contributed by atoms with Crippen LogP contribution in [0.5, 0.6) is 5.75 Å². The molecule has 33 heavy (non-hydrogen) atoms. The molecule has 5 rings (SSSR count). The van der Waals surface area contributed by atoms with Gasteiger partial charge in [-0.05, 0) is 42.8 Å². The van der Waals surface area contributed by atoms with E-state index in [1.165, 1.54) is 0 Å². The van der Waals surface area contributed by atoms with Crippen LogP contribution >= 0.6 is 0 Å². The number of aromatic nitrogens is 4. The molecule has 0 radical (unpaired) electrons. The van der Waals surface area contributed by atoms with Crippen molar-refractivity contribution in [3.8, 4) is 11.4 Å². The summed E-state index contributed by atoms with van der Waals surface area (Å²) < 4.78 is 8.86. The van der Waals surface area contributed by atoms with E-state index in [1.54, 1.807) is 24.2 Å². The number of ether oxygens (including phenoxy) is 1. The first-order chi connectivity index (χ1) is 16.0. The minimum absolute atomic E-state index is 0.125. The lowest BCUT2D eigenvalue weighted by atomic mass is 10.2. The zero-order valence-electron chi connectivity index (χ0n) is 19.1. The van der Waals surface area contributed by atoms with Crippen molar-refractivity contribution in [1.82, 2.24) is 19.1 Å². The molecule has 0 N–H and O–H groups in total. The van der Waals surface area contributed by atoms with Gasteiger partial charge in [0.25, 0.3) is 5.56 Å². The maximum atomic E-state index is 13.8. The molecule has 7 nitrogen and oxygen atoms in total. The molecule has 0 aliphatic rings. The molecule has 7 heteroatoms. The minimum atomic E-state index is -0.125. The molecule has 3 aromatic heterocycles. The minimum Gasteiger partial charge on any atom is -0.497 e. The Morgan fingerprint density at radius 1 is 0.970 bits per heavy atom. The molecule has 0 saturated heterocycles. The van der Waals surface area contributed by atoms with Crippen molar-refractivity contribution in [1.29, 1.82) is 0 Å². The summed E-state index contributed by atoms with van der Waals surface area (Å²) in [5, 5.41) is 0.874. The normalized spacial score (nSPS) is 11.3. The topological polar surface area (TPSA) is 65.2 Å². The maximum Gasteiger partial charge on any atom is 0.282 e. The lowest BCUT2D eigenvalue weighted by molar-refractivity contribution is 0.414. The highest BCUT2D eigenvalue weighted by Gasteiger charge is 2.21. The van der Waals surface area contributed by atoms with Crippen LogP contribution in [0.2, 0.25) is 0 Å². The van der Waals surface area contributed by atoms with Gasteiger partial charge in [0.05, 0.1) is 23.9 Å². The zero-order valence-corrected chi connectivity index (χ0v) is 19.1. The number of aryl methyl sites for hydroxylation is 1. The first-order valence-electron chi connectivity index (χ1n) is 10.7. The second kappa shape index (κ2) is 8.09. The number of hydrogen-bond donors (Lipinski definition) is 0. The Morgan fingerprint density at radius 2 is 1.70 bits per heavy atom. The Bertz CT molecular complexity index is 1510. The quantitative estimate of drug-likeness (QED) is 0.411. The molecule has 0 bridgehead atoms. The van der Waals surface area contributed by atoms with Crippen molar-refractivity contribution in [2.24, 2.45) is 0 Å². The Hall–Kier alpha value is -4.13. The second-order valence-electron chi connectivity index (χ2n) is 8.31. The fourth-order valence-corrected chi connectivity index (χ4v) is 4.18. The van der Waals surface area contributed by atoms with Crippen LogP contribution in [-0.4, -0.2) is 40.3 Å². The number of methoxy groups -OCH3 is 1. The first kappa shape index (κ1) is 20.8. The van der Waals surface area contributed by atoms with Crippen molar-refractivity contribution in [2.45, 2.75) is 13.5 Å². The molecule has 0 unspecified atom stereocenters. The van der Waals surface area contributed by atoms with Gasteiger partial charge >= 0.3 is 0 Å². The van der Waals surface area contributed by atoms with E-state index in [9.17, 15) is 4.79 Å². The van der Waals surface area contributed by atoms with Gasteiger partial charge in [-0.2, -0.15) is 0 Å². The lowest BCUT2D eigenvalue weighted by Gasteiger charge is -2.13. The highest BCUT2D eigenvalue weighted by molar-refractivity contribution is 6.10. The summed E-state index contributed by atoms with van der Waals surface area (Å²) in [5.41, 5.74) is 5.72. The average molecular weight is 440 g/mol.